The monoisotopic (exact) mass is 377 g/mol. The van der Waals surface area contributed by atoms with E-state index in [4.69, 9.17) is 9.84 Å². The van der Waals surface area contributed by atoms with Crippen LogP contribution in [0.15, 0.2) is 48.5 Å². The van der Waals surface area contributed by atoms with E-state index in [1.165, 1.54) is 12.1 Å². The summed E-state index contributed by atoms with van der Waals surface area (Å²) in [5.41, 5.74) is 0.826. The van der Waals surface area contributed by atoms with Gasteiger partial charge in [0.2, 0.25) is 0 Å². The van der Waals surface area contributed by atoms with Crippen molar-refractivity contribution < 1.29 is 34.0 Å². The number of amides is 1. The zero-order valence-corrected chi connectivity index (χ0v) is 14.3. The summed E-state index contributed by atoms with van der Waals surface area (Å²) in [6.07, 6.45) is -4.15. The van der Waals surface area contributed by atoms with Crippen LogP contribution >= 0.6 is 0 Å². The maximum Gasteiger partial charge on any atom is 0.407 e. The van der Waals surface area contributed by atoms with E-state index < -0.39 is 36.5 Å². The summed E-state index contributed by atoms with van der Waals surface area (Å²) in [7, 11) is 0. The Balaban J connectivity index is 1.86. The Bertz CT molecular complexity index is 783. The summed E-state index contributed by atoms with van der Waals surface area (Å²) in [5.74, 6) is -1.94. The highest BCUT2D eigenvalue weighted by Gasteiger charge is 2.21. The molecule has 0 heterocycles. The quantitative estimate of drug-likeness (QED) is 0.557. The molecule has 0 saturated heterocycles. The number of carboxylic acid groups (broad SMARTS) is 1. The summed E-state index contributed by atoms with van der Waals surface area (Å²) in [5, 5.41) is 31.3. The van der Waals surface area contributed by atoms with Gasteiger partial charge in [0, 0.05) is 6.54 Å². The van der Waals surface area contributed by atoms with Crippen molar-refractivity contribution in [1.82, 2.24) is 5.32 Å². The fraction of sp³-hybridized carbons (Fsp3) is 0.263. The molecule has 0 aromatic heterocycles. The summed E-state index contributed by atoms with van der Waals surface area (Å²) < 4.78 is 18.6. The van der Waals surface area contributed by atoms with E-state index in [1.807, 2.05) is 6.07 Å². The molecule has 2 unspecified atom stereocenters. The zero-order valence-electron chi connectivity index (χ0n) is 14.3. The average molecular weight is 377 g/mol. The van der Waals surface area contributed by atoms with E-state index in [-0.39, 0.29) is 24.3 Å². The SMILES string of the molecule is O=C(O)Cc1cc(C(O)C(O)CNC(=O)OCc2ccccc2)ccc1F. The number of carbonyl (C=O) groups excluding carboxylic acids is 1. The fourth-order valence-electron chi connectivity index (χ4n) is 2.37. The van der Waals surface area contributed by atoms with Crippen LogP contribution in [0.25, 0.3) is 0 Å². The number of rotatable bonds is 8. The van der Waals surface area contributed by atoms with E-state index in [9.17, 15) is 24.2 Å². The molecular weight excluding hydrogens is 357 g/mol. The van der Waals surface area contributed by atoms with Gasteiger partial charge in [-0.3, -0.25) is 4.79 Å². The molecule has 2 rings (SSSR count). The molecule has 2 aromatic rings. The Hall–Kier alpha value is -2.97. The van der Waals surface area contributed by atoms with Gasteiger partial charge in [-0.25, -0.2) is 9.18 Å². The van der Waals surface area contributed by atoms with Crippen molar-refractivity contribution in [3.8, 4) is 0 Å². The molecule has 0 fully saturated rings. The highest BCUT2D eigenvalue weighted by atomic mass is 19.1. The molecule has 2 atom stereocenters. The number of hydrogen-bond donors (Lipinski definition) is 4. The molecule has 0 radical (unpaired) electrons. The van der Waals surface area contributed by atoms with Gasteiger partial charge < -0.3 is 25.4 Å². The van der Waals surface area contributed by atoms with E-state index in [2.05, 4.69) is 5.32 Å². The number of aliphatic hydroxyl groups is 2. The lowest BCUT2D eigenvalue weighted by Crippen LogP contribution is -2.35. The van der Waals surface area contributed by atoms with Crippen molar-refractivity contribution in [3.63, 3.8) is 0 Å². The third-order valence-electron chi connectivity index (χ3n) is 3.79. The fourth-order valence-corrected chi connectivity index (χ4v) is 2.37. The molecule has 0 aliphatic heterocycles. The Labute approximate surface area is 155 Å². The number of carbonyl (C=O) groups is 2. The first kappa shape index (κ1) is 20.3. The Morgan fingerprint density at radius 3 is 2.48 bits per heavy atom. The Morgan fingerprint density at radius 2 is 1.81 bits per heavy atom. The molecule has 0 aliphatic rings. The second-order valence-corrected chi connectivity index (χ2v) is 5.88. The lowest BCUT2D eigenvalue weighted by molar-refractivity contribution is -0.136. The molecule has 4 N–H and O–H groups in total. The standard InChI is InChI=1S/C19H20FNO6/c20-15-7-6-13(8-14(15)9-17(23)24)18(25)16(22)10-21-19(26)27-11-12-4-2-1-3-5-12/h1-8,16,18,22,25H,9-11H2,(H,21,26)(H,23,24). The van der Waals surface area contributed by atoms with Crippen molar-refractivity contribution in [1.29, 1.82) is 0 Å². The molecule has 0 saturated carbocycles. The summed E-state index contributed by atoms with van der Waals surface area (Å²) >= 11 is 0. The topological polar surface area (TPSA) is 116 Å². The van der Waals surface area contributed by atoms with Crippen molar-refractivity contribution in [3.05, 3.63) is 71.0 Å². The maximum atomic E-state index is 13.6. The maximum absolute atomic E-state index is 13.6. The minimum atomic E-state index is -1.44. The largest absolute Gasteiger partial charge is 0.481 e. The predicted octanol–water partition coefficient (Wildman–Crippen LogP) is 1.77. The van der Waals surface area contributed by atoms with Crippen molar-refractivity contribution in [2.24, 2.45) is 0 Å². The third kappa shape index (κ3) is 6.36. The van der Waals surface area contributed by atoms with Crippen molar-refractivity contribution in [2.75, 3.05) is 6.54 Å². The van der Waals surface area contributed by atoms with Crippen molar-refractivity contribution >= 4 is 12.1 Å². The molecule has 144 valence electrons. The van der Waals surface area contributed by atoms with Crippen LogP contribution < -0.4 is 5.32 Å². The van der Waals surface area contributed by atoms with Gasteiger partial charge in [0.1, 0.15) is 24.6 Å². The lowest BCUT2D eigenvalue weighted by Gasteiger charge is -2.19. The predicted molar refractivity (Wildman–Crippen MR) is 93.3 cm³/mol. The number of carboxylic acids is 1. The molecule has 7 nitrogen and oxygen atoms in total. The van der Waals surface area contributed by atoms with Crippen LogP contribution in [0.1, 0.15) is 22.8 Å². The van der Waals surface area contributed by atoms with Gasteiger partial charge in [0.25, 0.3) is 0 Å². The van der Waals surface area contributed by atoms with Gasteiger partial charge in [0.05, 0.1) is 6.42 Å². The number of nitrogens with one attached hydrogen (secondary N) is 1. The highest BCUT2D eigenvalue weighted by Crippen LogP contribution is 2.20. The van der Waals surface area contributed by atoms with Crippen LogP contribution in [-0.4, -0.2) is 40.0 Å². The number of aliphatic hydroxyl groups excluding tert-OH is 2. The average Bonchev–Trinajstić information content (AvgIpc) is 2.66. The van der Waals surface area contributed by atoms with Crippen molar-refractivity contribution in [2.45, 2.75) is 25.2 Å². The van der Waals surface area contributed by atoms with Gasteiger partial charge >= 0.3 is 12.1 Å². The number of aliphatic carboxylic acids is 1. The normalized spacial score (nSPS) is 12.9. The van der Waals surface area contributed by atoms with Gasteiger partial charge in [-0.15, -0.1) is 0 Å². The van der Waals surface area contributed by atoms with Gasteiger partial charge in [-0.05, 0) is 28.8 Å². The Kier molecular flexibility index (Phi) is 7.27. The first-order valence-corrected chi connectivity index (χ1v) is 8.17. The summed E-state index contributed by atoms with van der Waals surface area (Å²) in [6.45, 7) is -0.248. The van der Waals surface area contributed by atoms with Gasteiger partial charge in [-0.1, -0.05) is 36.4 Å². The van der Waals surface area contributed by atoms with Gasteiger partial charge in [0.15, 0.2) is 0 Å². The summed E-state index contributed by atoms with van der Waals surface area (Å²) in [4.78, 5) is 22.4. The molecule has 8 heteroatoms. The van der Waals surface area contributed by atoms with E-state index in [0.29, 0.717) is 0 Å². The molecule has 1 amide bonds. The summed E-state index contributed by atoms with van der Waals surface area (Å²) in [6, 6.07) is 12.4. The minimum Gasteiger partial charge on any atom is -0.481 e. The molecular formula is C19H20FNO6. The van der Waals surface area contributed by atoms with E-state index >= 15 is 0 Å². The zero-order chi connectivity index (χ0) is 19.8. The van der Waals surface area contributed by atoms with E-state index in [1.54, 1.807) is 24.3 Å². The second-order valence-electron chi connectivity index (χ2n) is 5.88. The van der Waals surface area contributed by atoms with Crippen LogP contribution in [-0.2, 0) is 22.6 Å². The molecule has 27 heavy (non-hydrogen) atoms. The molecule has 2 aromatic carbocycles. The van der Waals surface area contributed by atoms with Crippen LogP contribution in [0.5, 0.6) is 0 Å². The number of alkyl carbamates (subject to hydrolysis) is 1. The number of benzene rings is 2. The van der Waals surface area contributed by atoms with Crippen LogP contribution in [0, 0.1) is 5.82 Å². The number of halogens is 1. The van der Waals surface area contributed by atoms with Crippen LogP contribution in [0.3, 0.4) is 0 Å². The van der Waals surface area contributed by atoms with Gasteiger partial charge in [-0.2, -0.15) is 0 Å². The third-order valence-corrected chi connectivity index (χ3v) is 3.79. The number of ether oxygens (including phenoxy) is 1. The number of hydrogen-bond acceptors (Lipinski definition) is 5. The van der Waals surface area contributed by atoms with E-state index in [0.717, 1.165) is 11.6 Å². The van der Waals surface area contributed by atoms with Crippen LogP contribution in [0.4, 0.5) is 9.18 Å². The second kappa shape index (κ2) is 9.65. The minimum absolute atomic E-state index is 0.0574. The smallest absolute Gasteiger partial charge is 0.407 e. The first-order valence-electron chi connectivity index (χ1n) is 8.17. The molecule has 0 bridgehead atoms. The first-order chi connectivity index (χ1) is 12.9. The lowest BCUT2D eigenvalue weighted by atomic mass is 10.00. The Morgan fingerprint density at radius 1 is 1.11 bits per heavy atom. The molecule has 0 spiro atoms. The molecule has 0 aliphatic carbocycles. The highest BCUT2D eigenvalue weighted by molar-refractivity contribution is 5.70. The van der Waals surface area contributed by atoms with Crippen LogP contribution in [0.2, 0.25) is 0 Å².